The van der Waals surface area contributed by atoms with Crippen molar-refractivity contribution in [1.29, 1.82) is 0 Å². The van der Waals surface area contributed by atoms with Crippen molar-refractivity contribution in [3.8, 4) is 5.75 Å². The minimum Gasteiger partial charge on any atom is -0.497 e. The Morgan fingerprint density at radius 3 is 2.68 bits per heavy atom. The van der Waals surface area contributed by atoms with E-state index in [1.165, 1.54) is 0 Å². The van der Waals surface area contributed by atoms with E-state index in [1.807, 2.05) is 35.2 Å². The highest BCUT2D eigenvalue weighted by molar-refractivity contribution is 5.97. The lowest BCUT2D eigenvalue weighted by Crippen LogP contribution is -2.49. The van der Waals surface area contributed by atoms with Crippen LogP contribution in [0.3, 0.4) is 0 Å². The smallest absolute Gasteiger partial charge is 0.295 e. The van der Waals surface area contributed by atoms with Crippen LogP contribution in [0.15, 0.2) is 58.8 Å². The molecule has 2 heterocycles. The van der Waals surface area contributed by atoms with Crippen LogP contribution in [0.25, 0.3) is 0 Å². The Labute approximate surface area is 163 Å². The van der Waals surface area contributed by atoms with Crippen molar-refractivity contribution in [2.45, 2.75) is 12.5 Å². The van der Waals surface area contributed by atoms with Crippen molar-refractivity contribution in [3.63, 3.8) is 0 Å². The second kappa shape index (κ2) is 7.80. The Morgan fingerprint density at radius 1 is 1.11 bits per heavy atom. The predicted octanol–water partition coefficient (Wildman–Crippen LogP) is 3.08. The summed E-state index contributed by atoms with van der Waals surface area (Å²) in [5.74, 6) is 0.525. The van der Waals surface area contributed by atoms with Crippen LogP contribution >= 0.6 is 0 Å². The van der Waals surface area contributed by atoms with Gasteiger partial charge in [0.05, 0.1) is 13.5 Å². The number of benzene rings is 2. The molecule has 1 fully saturated rings. The summed E-state index contributed by atoms with van der Waals surface area (Å²) in [6.07, 6.45) is 0.229. The number of hydrogen-bond donors (Lipinski definition) is 0. The van der Waals surface area contributed by atoms with Gasteiger partial charge >= 0.3 is 0 Å². The van der Waals surface area contributed by atoms with E-state index >= 15 is 0 Å². The van der Waals surface area contributed by atoms with Crippen LogP contribution in [0.2, 0.25) is 0 Å². The van der Waals surface area contributed by atoms with Crippen LogP contribution in [-0.4, -0.2) is 50.0 Å². The van der Waals surface area contributed by atoms with Crippen molar-refractivity contribution in [3.05, 3.63) is 59.7 Å². The average molecular weight is 378 g/mol. The minimum absolute atomic E-state index is 0.0402. The zero-order valence-electron chi connectivity index (χ0n) is 15.7. The summed E-state index contributed by atoms with van der Waals surface area (Å²) >= 11 is 0. The molecule has 28 heavy (non-hydrogen) atoms. The molecule has 4 rings (SSSR count). The molecular formula is C21H22N4O3. The molecule has 0 spiro atoms. The van der Waals surface area contributed by atoms with Crippen molar-refractivity contribution < 1.29 is 14.3 Å². The fraction of sp³-hybridized carbons (Fsp3) is 0.333. The summed E-state index contributed by atoms with van der Waals surface area (Å²) in [6.45, 7) is 2.83. The number of ether oxygens (including phenoxy) is 1. The molecule has 144 valence electrons. The summed E-state index contributed by atoms with van der Waals surface area (Å²) < 4.78 is 5.29. The second-order valence-electron chi connectivity index (χ2n) is 6.90. The molecule has 7 nitrogen and oxygen atoms in total. The quantitative estimate of drug-likeness (QED) is 0.819. The number of hydrogen-bond acceptors (Lipinski definition) is 5. The Bertz CT molecular complexity index is 919. The summed E-state index contributed by atoms with van der Waals surface area (Å²) in [4.78, 5) is 28.8. The summed E-state index contributed by atoms with van der Waals surface area (Å²) in [6, 6.07) is 14.8. The molecule has 0 bridgehead atoms. The van der Waals surface area contributed by atoms with Crippen LogP contribution in [0, 0.1) is 0 Å². The van der Waals surface area contributed by atoms with Gasteiger partial charge in [-0.2, -0.15) is 5.11 Å². The van der Waals surface area contributed by atoms with Gasteiger partial charge in [-0.25, -0.2) is 0 Å². The number of fused-ring (bicyclic) bond motifs is 1. The van der Waals surface area contributed by atoms with E-state index < -0.39 is 6.04 Å². The first-order valence-electron chi connectivity index (χ1n) is 9.36. The normalized spacial score (nSPS) is 18.8. The lowest BCUT2D eigenvalue weighted by atomic mass is 9.96. The molecule has 2 aliphatic heterocycles. The van der Waals surface area contributed by atoms with E-state index in [2.05, 4.69) is 21.2 Å². The maximum Gasteiger partial charge on any atom is 0.295 e. The number of carbonyl (C=O) groups excluding carboxylic acids is 2. The third-order valence-corrected chi connectivity index (χ3v) is 5.26. The number of carbonyl (C=O) groups is 2. The molecule has 0 radical (unpaired) electrons. The first-order chi connectivity index (χ1) is 13.7. The van der Waals surface area contributed by atoms with E-state index in [0.717, 1.165) is 30.1 Å². The molecule has 0 aromatic heterocycles. The maximum absolute atomic E-state index is 12.8. The van der Waals surface area contributed by atoms with Crippen molar-refractivity contribution in [2.75, 3.05) is 38.2 Å². The Balaban J connectivity index is 1.38. The zero-order chi connectivity index (χ0) is 19.5. The van der Waals surface area contributed by atoms with Gasteiger partial charge in [0.2, 0.25) is 5.91 Å². The number of rotatable bonds is 4. The molecule has 7 heteroatoms. The molecule has 0 saturated carbocycles. The standard InChI is InChI=1S/C21H22N4O3/c1-28-16-6-4-5-15(13-16)24-9-11-25(12-10-24)20(26)14-19-17-7-2-3-8-18(17)21(27)23-22-19/h2-8,13,19H,9-12,14H2,1H3. The number of amides is 2. The molecular weight excluding hydrogens is 356 g/mol. The summed E-state index contributed by atoms with van der Waals surface area (Å²) in [5.41, 5.74) is 2.42. The Morgan fingerprint density at radius 2 is 1.89 bits per heavy atom. The van der Waals surface area contributed by atoms with Gasteiger partial charge in [-0.05, 0) is 23.8 Å². The lowest BCUT2D eigenvalue weighted by Gasteiger charge is -2.36. The predicted molar refractivity (Wildman–Crippen MR) is 105 cm³/mol. The van der Waals surface area contributed by atoms with Crippen molar-refractivity contribution in [1.82, 2.24) is 4.90 Å². The van der Waals surface area contributed by atoms with E-state index in [0.29, 0.717) is 18.7 Å². The summed E-state index contributed by atoms with van der Waals surface area (Å²) in [5, 5.41) is 7.79. The Hall–Kier alpha value is -3.22. The highest BCUT2D eigenvalue weighted by Crippen LogP contribution is 2.30. The summed E-state index contributed by atoms with van der Waals surface area (Å²) in [7, 11) is 1.66. The number of methoxy groups -OCH3 is 1. The largest absolute Gasteiger partial charge is 0.497 e. The van der Waals surface area contributed by atoms with Gasteiger partial charge in [0.25, 0.3) is 5.91 Å². The van der Waals surface area contributed by atoms with E-state index in [-0.39, 0.29) is 18.2 Å². The van der Waals surface area contributed by atoms with Gasteiger partial charge < -0.3 is 14.5 Å². The van der Waals surface area contributed by atoms with Crippen LogP contribution < -0.4 is 9.64 Å². The SMILES string of the molecule is COc1cccc(N2CCN(C(=O)CC3N=NC(=O)c4ccccc43)CC2)c1. The monoisotopic (exact) mass is 378 g/mol. The average Bonchev–Trinajstić information content (AvgIpc) is 2.76. The number of anilines is 1. The van der Waals surface area contributed by atoms with Crippen LogP contribution in [0.1, 0.15) is 28.4 Å². The maximum atomic E-state index is 12.8. The Kier molecular flexibility index (Phi) is 5.06. The van der Waals surface area contributed by atoms with E-state index in [9.17, 15) is 9.59 Å². The molecule has 1 atom stereocenters. The fourth-order valence-corrected chi connectivity index (χ4v) is 3.69. The first-order valence-corrected chi connectivity index (χ1v) is 9.36. The highest BCUT2D eigenvalue weighted by Gasteiger charge is 2.28. The van der Waals surface area contributed by atoms with Crippen LogP contribution in [-0.2, 0) is 4.79 Å². The molecule has 2 aromatic rings. The molecule has 2 aromatic carbocycles. The zero-order valence-corrected chi connectivity index (χ0v) is 15.7. The third kappa shape index (κ3) is 3.60. The van der Waals surface area contributed by atoms with Gasteiger partial charge in [0.1, 0.15) is 11.8 Å². The fourth-order valence-electron chi connectivity index (χ4n) is 3.69. The van der Waals surface area contributed by atoms with Crippen LogP contribution in [0.4, 0.5) is 5.69 Å². The molecule has 0 N–H and O–H groups in total. The van der Waals surface area contributed by atoms with Crippen LogP contribution in [0.5, 0.6) is 5.75 Å². The number of nitrogens with zero attached hydrogens (tertiary/aromatic N) is 4. The van der Waals surface area contributed by atoms with Crippen molar-refractivity contribution >= 4 is 17.5 Å². The second-order valence-corrected chi connectivity index (χ2v) is 6.90. The number of piperazine rings is 1. The van der Waals surface area contributed by atoms with Gasteiger partial charge in [-0.15, -0.1) is 5.11 Å². The van der Waals surface area contributed by atoms with Gasteiger partial charge in [0.15, 0.2) is 0 Å². The minimum atomic E-state index is -0.391. The molecule has 2 amide bonds. The topological polar surface area (TPSA) is 74.6 Å². The molecule has 2 aliphatic rings. The molecule has 0 aliphatic carbocycles. The molecule has 1 saturated heterocycles. The van der Waals surface area contributed by atoms with Gasteiger partial charge in [-0.1, -0.05) is 24.3 Å². The number of azo groups is 1. The highest BCUT2D eigenvalue weighted by atomic mass is 16.5. The first kappa shape index (κ1) is 18.2. The van der Waals surface area contributed by atoms with Crippen molar-refractivity contribution in [2.24, 2.45) is 10.2 Å². The van der Waals surface area contributed by atoms with Gasteiger partial charge in [-0.3, -0.25) is 9.59 Å². The van der Waals surface area contributed by atoms with E-state index in [4.69, 9.17) is 4.74 Å². The van der Waals surface area contributed by atoms with Gasteiger partial charge in [0, 0.05) is 43.5 Å². The lowest BCUT2D eigenvalue weighted by molar-refractivity contribution is -0.131. The molecule has 1 unspecified atom stereocenters. The third-order valence-electron chi connectivity index (χ3n) is 5.26. The van der Waals surface area contributed by atoms with E-state index in [1.54, 1.807) is 19.2 Å².